The van der Waals surface area contributed by atoms with Crippen molar-refractivity contribution in [2.24, 2.45) is 5.41 Å². The summed E-state index contributed by atoms with van der Waals surface area (Å²) in [5.74, 6) is -1.91. The van der Waals surface area contributed by atoms with Gasteiger partial charge in [0.15, 0.2) is 0 Å². The summed E-state index contributed by atoms with van der Waals surface area (Å²) >= 11 is 0. The molecule has 0 aromatic heterocycles. The van der Waals surface area contributed by atoms with Crippen LogP contribution in [-0.2, 0) is 14.3 Å². The highest BCUT2D eigenvalue weighted by molar-refractivity contribution is 5.89. The molecule has 1 atom stereocenters. The number of nitrogens with zero attached hydrogens (tertiary/aromatic N) is 1. The lowest BCUT2D eigenvalue weighted by atomic mass is 9.86. The molecule has 176 valence electrons. The average molecular weight is 455 g/mol. The van der Waals surface area contributed by atoms with E-state index in [1.807, 2.05) is 48.5 Å². The first kappa shape index (κ1) is 24.3. The number of hydrogen-bond donors (Lipinski definition) is 3. The standard InChI is InChI=1S/C25H30N2O6/c1-25(2,3)22(23(31)27(12-13-28)14-21(29)30)26-24(32)33-15-20-18-10-6-4-8-16(18)17-9-5-7-11-19(17)20/h4-11,20,22,28H,12-15H2,1-3H3,(H,26,32)(H,29,30)/t22-/m0/s1. The molecule has 8 heteroatoms. The quantitative estimate of drug-likeness (QED) is 0.565. The number of aliphatic hydroxyl groups excluding tert-OH is 1. The van der Waals surface area contributed by atoms with E-state index < -0.39 is 36.0 Å². The van der Waals surface area contributed by atoms with Gasteiger partial charge in [-0.3, -0.25) is 9.59 Å². The van der Waals surface area contributed by atoms with Crippen LogP contribution in [0.2, 0.25) is 0 Å². The Balaban J connectivity index is 1.73. The smallest absolute Gasteiger partial charge is 0.407 e. The maximum atomic E-state index is 13.0. The molecule has 0 fully saturated rings. The second-order valence-corrected chi connectivity index (χ2v) is 9.15. The molecule has 0 bridgehead atoms. The van der Waals surface area contributed by atoms with Gasteiger partial charge >= 0.3 is 12.1 Å². The van der Waals surface area contributed by atoms with E-state index >= 15 is 0 Å². The Labute approximate surface area is 193 Å². The van der Waals surface area contributed by atoms with E-state index in [-0.39, 0.29) is 25.7 Å². The molecular formula is C25H30N2O6. The monoisotopic (exact) mass is 454 g/mol. The van der Waals surface area contributed by atoms with Gasteiger partial charge in [0.2, 0.25) is 5.91 Å². The largest absolute Gasteiger partial charge is 0.480 e. The maximum absolute atomic E-state index is 13.0. The second kappa shape index (κ2) is 10.0. The Bertz CT molecular complexity index is 984. The lowest BCUT2D eigenvalue weighted by Crippen LogP contribution is -2.56. The molecule has 0 saturated carbocycles. The molecule has 3 rings (SSSR count). The van der Waals surface area contributed by atoms with E-state index in [2.05, 4.69) is 5.32 Å². The van der Waals surface area contributed by atoms with Crippen LogP contribution in [0.5, 0.6) is 0 Å². The van der Waals surface area contributed by atoms with E-state index in [1.54, 1.807) is 20.8 Å². The molecule has 2 aromatic rings. The van der Waals surface area contributed by atoms with Gasteiger partial charge in [0, 0.05) is 12.5 Å². The molecule has 2 aromatic carbocycles. The second-order valence-electron chi connectivity index (χ2n) is 9.15. The van der Waals surface area contributed by atoms with Crippen LogP contribution in [0.3, 0.4) is 0 Å². The van der Waals surface area contributed by atoms with Crippen molar-refractivity contribution in [2.75, 3.05) is 26.3 Å². The maximum Gasteiger partial charge on any atom is 0.407 e. The Kier molecular flexibility index (Phi) is 7.38. The third kappa shape index (κ3) is 5.51. The van der Waals surface area contributed by atoms with Crippen LogP contribution in [0, 0.1) is 5.41 Å². The summed E-state index contributed by atoms with van der Waals surface area (Å²) in [6.07, 6.45) is -0.760. The highest BCUT2D eigenvalue weighted by Gasteiger charge is 2.37. The third-order valence-corrected chi connectivity index (χ3v) is 5.73. The number of rotatable bonds is 8. The summed E-state index contributed by atoms with van der Waals surface area (Å²) in [5.41, 5.74) is 3.65. The number of ether oxygens (including phenoxy) is 1. The van der Waals surface area contributed by atoms with Crippen molar-refractivity contribution >= 4 is 18.0 Å². The normalized spacial score (nSPS) is 13.6. The number of aliphatic carboxylic acids is 1. The third-order valence-electron chi connectivity index (χ3n) is 5.73. The van der Waals surface area contributed by atoms with Gasteiger partial charge in [-0.15, -0.1) is 0 Å². The minimum Gasteiger partial charge on any atom is -0.480 e. The molecule has 2 amide bonds. The van der Waals surface area contributed by atoms with Crippen LogP contribution in [0.4, 0.5) is 4.79 Å². The van der Waals surface area contributed by atoms with Crippen molar-refractivity contribution in [3.63, 3.8) is 0 Å². The van der Waals surface area contributed by atoms with Crippen molar-refractivity contribution in [3.8, 4) is 11.1 Å². The molecule has 1 aliphatic carbocycles. The molecule has 33 heavy (non-hydrogen) atoms. The minimum absolute atomic E-state index is 0.0976. The number of carbonyl (C=O) groups is 3. The fourth-order valence-corrected chi connectivity index (χ4v) is 4.14. The minimum atomic E-state index is -1.20. The first-order valence-corrected chi connectivity index (χ1v) is 10.9. The van der Waals surface area contributed by atoms with Crippen LogP contribution in [0.15, 0.2) is 48.5 Å². The number of aliphatic hydroxyl groups is 1. The number of carbonyl (C=O) groups excluding carboxylic acids is 2. The van der Waals surface area contributed by atoms with Gasteiger partial charge in [-0.25, -0.2) is 4.79 Å². The molecule has 0 unspecified atom stereocenters. The van der Waals surface area contributed by atoms with Crippen LogP contribution < -0.4 is 5.32 Å². The molecule has 0 aliphatic heterocycles. The summed E-state index contributed by atoms with van der Waals surface area (Å²) in [7, 11) is 0. The fourth-order valence-electron chi connectivity index (χ4n) is 4.14. The Morgan fingerprint density at radius 1 is 1.03 bits per heavy atom. The Hall–Kier alpha value is -3.39. The van der Waals surface area contributed by atoms with Crippen LogP contribution in [-0.4, -0.2) is 65.4 Å². The zero-order chi connectivity index (χ0) is 24.2. The van der Waals surface area contributed by atoms with E-state index in [1.165, 1.54) is 0 Å². The van der Waals surface area contributed by atoms with Crippen LogP contribution in [0.1, 0.15) is 37.8 Å². The SMILES string of the molecule is CC(C)(C)[C@@H](NC(=O)OCC1c2ccccc2-c2ccccc21)C(=O)N(CCO)CC(=O)O. The molecular weight excluding hydrogens is 424 g/mol. The van der Waals surface area contributed by atoms with Crippen LogP contribution in [0.25, 0.3) is 11.1 Å². The van der Waals surface area contributed by atoms with Crippen molar-refractivity contribution in [1.82, 2.24) is 10.2 Å². The number of alkyl carbamates (subject to hydrolysis) is 1. The van der Waals surface area contributed by atoms with E-state index in [9.17, 15) is 19.5 Å². The van der Waals surface area contributed by atoms with Gasteiger partial charge < -0.3 is 25.2 Å². The number of carboxylic acids is 1. The molecule has 0 heterocycles. The lowest BCUT2D eigenvalue weighted by Gasteiger charge is -2.34. The van der Waals surface area contributed by atoms with E-state index in [0.29, 0.717) is 0 Å². The van der Waals surface area contributed by atoms with Crippen molar-refractivity contribution < 1.29 is 29.3 Å². The number of benzene rings is 2. The number of nitrogens with one attached hydrogen (secondary N) is 1. The molecule has 3 N–H and O–H groups in total. The van der Waals surface area contributed by atoms with Gasteiger partial charge in [0.1, 0.15) is 19.2 Å². The first-order chi connectivity index (χ1) is 15.6. The fraction of sp³-hybridized carbons (Fsp3) is 0.400. The molecule has 0 saturated heterocycles. The Morgan fingerprint density at radius 2 is 1.58 bits per heavy atom. The summed E-state index contributed by atoms with van der Waals surface area (Å²) < 4.78 is 5.55. The first-order valence-electron chi connectivity index (χ1n) is 10.9. The van der Waals surface area contributed by atoms with Crippen molar-refractivity contribution in [3.05, 3.63) is 59.7 Å². The molecule has 0 spiro atoms. The van der Waals surface area contributed by atoms with E-state index in [0.717, 1.165) is 27.2 Å². The number of hydrogen-bond acceptors (Lipinski definition) is 5. The topological polar surface area (TPSA) is 116 Å². The zero-order valence-electron chi connectivity index (χ0n) is 19.1. The molecule has 8 nitrogen and oxygen atoms in total. The predicted octanol–water partition coefficient (Wildman–Crippen LogP) is 2.85. The van der Waals surface area contributed by atoms with Crippen molar-refractivity contribution in [2.45, 2.75) is 32.7 Å². The zero-order valence-corrected chi connectivity index (χ0v) is 19.1. The number of carboxylic acid groups (broad SMARTS) is 1. The van der Waals surface area contributed by atoms with Crippen LogP contribution >= 0.6 is 0 Å². The van der Waals surface area contributed by atoms with Gasteiger partial charge in [-0.2, -0.15) is 0 Å². The molecule has 0 radical (unpaired) electrons. The highest BCUT2D eigenvalue weighted by atomic mass is 16.5. The van der Waals surface area contributed by atoms with Gasteiger partial charge in [0.05, 0.1) is 6.61 Å². The molecule has 1 aliphatic rings. The summed E-state index contributed by atoms with van der Waals surface area (Å²) in [6.45, 7) is 4.27. The van der Waals surface area contributed by atoms with Gasteiger partial charge in [0.25, 0.3) is 0 Å². The van der Waals surface area contributed by atoms with E-state index in [4.69, 9.17) is 9.84 Å². The van der Waals surface area contributed by atoms with Crippen molar-refractivity contribution in [1.29, 1.82) is 0 Å². The Morgan fingerprint density at radius 3 is 2.06 bits per heavy atom. The number of fused-ring (bicyclic) bond motifs is 3. The average Bonchev–Trinajstić information content (AvgIpc) is 3.08. The summed E-state index contributed by atoms with van der Waals surface area (Å²) in [6, 6.07) is 14.9. The predicted molar refractivity (Wildman–Crippen MR) is 123 cm³/mol. The van der Waals surface area contributed by atoms with Gasteiger partial charge in [-0.1, -0.05) is 69.3 Å². The number of amides is 2. The lowest BCUT2D eigenvalue weighted by molar-refractivity contribution is -0.146. The highest BCUT2D eigenvalue weighted by Crippen LogP contribution is 2.44. The summed E-state index contributed by atoms with van der Waals surface area (Å²) in [4.78, 5) is 37.9. The summed E-state index contributed by atoms with van der Waals surface area (Å²) in [5, 5.41) is 20.9. The van der Waals surface area contributed by atoms with Gasteiger partial charge in [-0.05, 0) is 27.7 Å².